The molecular weight excluding hydrogens is 431 g/mol. The maximum Gasteiger partial charge on any atom is 0.256 e. The van der Waals surface area contributed by atoms with Crippen LogP contribution in [-0.4, -0.2) is 54.1 Å². The van der Waals surface area contributed by atoms with Gasteiger partial charge in [0.1, 0.15) is 11.6 Å². The lowest BCUT2D eigenvalue weighted by Gasteiger charge is -2.24. The first-order valence-electron chi connectivity index (χ1n) is 9.36. The van der Waals surface area contributed by atoms with Crippen molar-refractivity contribution in [1.82, 2.24) is 19.2 Å². The molecule has 4 rings (SSSR count). The minimum Gasteiger partial charge on any atom is -0.340 e. The number of nitrogens with one attached hydrogen (secondary N) is 1. The van der Waals surface area contributed by atoms with Crippen LogP contribution in [0.4, 0.5) is 4.39 Å². The molecule has 0 radical (unpaired) electrons. The molecule has 2 aromatic carbocycles. The van der Waals surface area contributed by atoms with Crippen molar-refractivity contribution in [1.29, 1.82) is 0 Å². The molecule has 3 aromatic rings. The highest BCUT2D eigenvalue weighted by Gasteiger charge is 2.34. The minimum absolute atomic E-state index is 0.00444. The highest BCUT2D eigenvalue weighted by atomic mass is 35.5. The fourth-order valence-corrected chi connectivity index (χ4v) is 4.77. The number of likely N-dealkylation sites (tertiary alicyclic amines) is 1. The Kier molecular flexibility index (Phi) is 5.29. The number of carbonyl (C=O) groups excluding carboxylic acids is 1. The zero-order chi connectivity index (χ0) is 21.6. The SMILES string of the molecule is CN(C)S(=O)(=O)c1ccc(Cl)c(C(=O)N2CCCC2c2nc3ccc(F)cc3[nH]2)c1. The van der Waals surface area contributed by atoms with Gasteiger partial charge in [0, 0.05) is 20.6 Å². The number of rotatable bonds is 4. The Morgan fingerprint density at radius 3 is 2.77 bits per heavy atom. The number of H-pyrrole nitrogens is 1. The van der Waals surface area contributed by atoms with Gasteiger partial charge in [-0.2, -0.15) is 0 Å². The van der Waals surface area contributed by atoms with E-state index in [1.54, 1.807) is 11.0 Å². The van der Waals surface area contributed by atoms with Crippen molar-refractivity contribution in [2.45, 2.75) is 23.8 Å². The zero-order valence-corrected chi connectivity index (χ0v) is 18.0. The number of amides is 1. The predicted molar refractivity (Wildman–Crippen MR) is 111 cm³/mol. The van der Waals surface area contributed by atoms with Gasteiger partial charge in [-0.1, -0.05) is 11.6 Å². The second-order valence-corrected chi connectivity index (χ2v) is 9.93. The number of aromatic nitrogens is 2. The summed E-state index contributed by atoms with van der Waals surface area (Å²) in [6.07, 6.45) is 1.44. The van der Waals surface area contributed by atoms with E-state index in [1.807, 2.05) is 0 Å². The molecular formula is C20H20ClFN4O3S. The average molecular weight is 451 g/mol. The molecule has 1 atom stereocenters. The summed E-state index contributed by atoms with van der Waals surface area (Å²) in [6.45, 7) is 0.482. The summed E-state index contributed by atoms with van der Waals surface area (Å²) >= 11 is 6.25. The Bertz CT molecular complexity index is 1240. The highest BCUT2D eigenvalue weighted by molar-refractivity contribution is 7.89. The van der Waals surface area contributed by atoms with E-state index in [1.165, 1.54) is 44.4 Å². The van der Waals surface area contributed by atoms with Gasteiger partial charge in [-0.15, -0.1) is 0 Å². The van der Waals surface area contributed by atoms with Gasteiger partial charge in [0.2, 0.25) is 10.0 Å². The van der Waals surface area contributed by atoms with Crippen LogP contribution in [0, 0.1) is 5.82 Å². The molecule has 0 bridgehead atoms. The average Bonchev–Trinajstić information content (AvgIpc) is 3.33. The molecule has 1 unspecified atom stereocenters. The first kappa shape index (κ1) is 20.8. The monoisotopic (exact) mass is 450 g/mol. The van der Waals surface area contributed by atoms with Gasteiger partial charge in [0.05, 0.1) is 32.6 Å². The van der Waals surface area contributed by atoms with Crippen LogP contribution in [0.1, 0.15) is 35.1 Å². The summed E-state index contributed by atoms with van der Waals surface area (Å²) in [5.41, 5.74) is 1.29. The number of sulfonamides is 1. The van der Waals surface area contributed by atoms with Crippen LogP contribution in [0.2, 0.25) is 5.02 Å². The number of nitrogens with zero attached hydrogens (tertiary/aromatic N) is 3. The molecule has 7 nitrogen and oxygen atoms in total. The van der Waals surface area contributed by atoms with Gasteiger partial charge in [-0.25, -0.2) is 22.1 Å². The fraction of sp³-hybridized carbons (Fsp3) is 0.300. The quantitative estimate of drug-likeness (QED) is 0.658. The largest absolute Gasteiger partial charge is 0.340 e. The molecule has 1 aromatic heterocycles. The number of carbonyl (C=O) groups is 1. The third kappa shape index (κ3) is 3.57. The Labute approximate surface area is 178 Å². The second kappa shape index (κ2) is 7.64. The summed E-state index contributed by atoms with van der Waals surface area (Å²) in [4.78, 5) is 22.5. The summed E-state index contributed by atoms with van der Waals surface area (Å²) in [7, 11) is -0.864. The lowest BCUT2D eigenvalue weighted by molar-refractivity contribution is 0.0730. The summed E-state index contributed by atoms with van der Waals surface area (Å²) in [5, 5.41) is 0.176. The first-order valence-corrected chi connectivity index (χ1v) is 11.2. The maximum absolute atomic E-state index is 13.5. The third-order valence-electron chi connectivity index (χ3n) is 5.24. The topological polar surface area (TPSA) is 86.4 Å². The van der Waals surface area contributed by atoms with E-state index in [-0.39, 0.29) is 33.2 Å². The molecule has 1 aliphatic heterocycles. The van der Waals surface area contributed by atoms with Crippen LogP contribution in [0.3, 0.4) is 0 Å². The van der Waals surface area contributed by atoms with Gasteiger partial charge in [-0.3, -0.25) is 4.79 Å². The predicted octanol–water partition coefficient (Wildman–Crippen LogP) is 3.58. The number of benzene rings is 2. The molecule has 1 saturated heterocycles. The Hall–Kier alpha value is -2.49. The third-order valence-corrected chi connectivity index (χ3v) is 7.38. The molecule has 1 N–H and O–H groups in total. The van der Waals surface area contributed by atoms with Crippen LogP contribution in [0.15, 0.2) is 41.3 Å². The van der Waals surface area contributed by atoms with Crippen LogP contribution < -0.4 is 0 Å². The van der Waals surface area contributed by atoms with E-state index in [2.05, 4.69) is 9.97 Å². The van der Waals surface area contributed by atoms with Gasteiger partial charge in [-0.05, 0) is 49.2 Å². The van der Waals surface area contributed by atoms with E-state index in [4.69, 9.17) is 11.6 Å². The molecule has 0 aliphatic carbocycles. The smallest absolute Gasteiger partial charge is 0.256 e. The number of halogens is 2. The number of imidazole rings is 1. The van der Waals surface area contributed by atoms with E-state index < -0.39 is 10.0 Å². The highest BCUT2D eigenvalue weighted by Crippen LogP contribution is 2.34. The summed E-state index contributed by atoms with van der Waals surface area (Å²) < 4.78 is 39.5. The molecule has 1 fully saturated rings. The van der Waals surface area contributed by atoms with Crippen molar-refractivity contribution in [3.63, 3.8) is 0 Å². The van der Waals surface area contributed by atoms with E-state index in [0.29, 0.717) is 29.8 Å². The number of aromatic amines is 1. The minimum atomic E-state index is -3.71. The Morgan fingerprint density at radius 1 is 1.27 bits per heavy atom. The Balaban J connectivity index is 1.70. The van der Waals surface area contributed by atoms with E-state index in [9.17, 15) is 17.6 Å². The molecule has 158 valence electrons. The van der Waals surface area contributed by atoms with Gasteiger partial charge in [0.15, 0.2) is 0 Å². The van der Waals surface area contributed by atoms with Crippen molar-refractivity contribution in [3.8, 4) is 0 Å². The summed E-state index contributed by atoms with van der Waals surface area (Å²) in [6, 6.07) is 8.05. The molecule has 1 amide bonds. The van der Waals surface area contributed by atoms with E-state index in [0.717, 1.165) is 10.7 Å². The van der Waals surface area contributed by atoms with Crippen molar-refractivity contribution in [2.75, 3.05) is 20.6 Å². The normalized spacial score (nSPS) is 17.2. The molecule has 30 heavy (non-hydrogen) atoms. The van der Waals surface area contributed by atoms with Crippen molar-refractivity contribution in [2.24, 2.45) is 0 Å². The van der Waals surface area contributed by atoms with Crippen molar-refractivity contribution >= 4 is 38.6 Å². The van der Waals surface area contributed by atoms with Crippen molar-refractivity contribution < 1.29 is 17.6 Å². The fourth-order valence-electron chi connectivity index (χ4n) is 3.65. The number of hydrogen-bond acceptors (Lipinski definition) is 4. The van der Waals surface area contributed by atoms with Crippen LogP contribution >= 0.6 is 11.6 Å². The molecule has 2 heterocycles. The lowest BCUT2D eigenvalue weighted by Crippen LogP contribution is -2.31. The van der Waals surface area contributed by atoms with Gasteiger partial charge < -0.3 is 9.88 Å². The Morgan fingerprint density at radius 2 is 2.03 bits per heavy atom. The maximum atomic E-state index is 13.5. The van der Waals surface area contributed by atoms with Crippen LogP contribution in [0.5, 0.6) is 0 Å². The molecule has 10 heteroatoms. The standard InChI is InChI=1S/C20H20ClFN4O3S/c1-25(2)30(28,29)13-6-7-15(21)14(11-13)20(27)26-9-3-4-18(26)19-23-16-8-5-12(22)10-17(16)24-19/h5-8,10-11,18H,3-4,9H2,1-2H3,(H,23,24). The van der Waals surface area contributed by atoms with Crippen LogP contribution in [0.25, 0.3) is 11.0 Å². The van der Waals surface area contributed by atoms with E-state index >= 15 is 0 Å². The first-order chi connectivity index (χ1) is 14.2. The number of hydrogen-bond donors (Lipinski definition) is 1. The van der Waals surface area contributed by atoms with Crippen molar-refractivity contribution in [3.05, 3.63) is 58.6 Å². The summed E-state index contributed by atoms with van der Waals surface area (Å²) in [5.74, 6) is -0.178. The molecule has 0 saturated carbocycles. The lowest BCUT2D eigenvalue weighted by atomic mass is 10.1. The van der Waals surface area contributed by atoms with Gasteiger partial charge in [0.25, 0.3) is 5.91 Å². The van der Waals surface area contributed by atoms with Crippen LogP contribution in [-0.2, 0) is 10.0 Å². The van der Waals surface area contributed by atoms with Gasteiger partial charge >= 0.3 is 0 Å². The molecule has 1 aliphatic rings. The second-order valence-electron chi connectivity index (χ2n) is 7.37. The number of fused-ring (bicyclic) bond motifs is 1. The molecule has 0 spiro atoms. The zero-order valence-electron chi connectivity index (χ0n) is 16.4.